The molecule has 1 saturated carbocycles. The molecule has 1 aliphatic rings. The molecular weight excluding hydrogens is 226 g/mol. The van der Waals surface area contributed by atoms with Crippen molar-refractivity contribution in [1.82, 2.24) is 15.5 Å². The lowest BCUT2D eigenvalue weighted by molar-refractivity contribution is 0.314. The molecule has 0 bridgehead atoms. The highest BCUT2D eigenvalue weighted by Crippen LogP contribution is 2.27. The van der Waals surface area contributed by atoms with Gasteiger partial charge in [-0.25, -0.2) is 0 Å². The minimum absolute atomic E-state index is 0.211. The molecule has 102 valence electrons. The normalized spacial score (nSPS) is 19.0. The highest BCUT2D eigenvalue weighted by molar-refractivity contribution is 4.91. The largest absolute Gasteiger partial charge is 0.424 e. The number of nitrogens with one attached hydrogen (secondary N) is 1. The summed E-state index contributed by atoms with van der Waals surface area (Å²) >= 11 is 0. The first-order chi connectivity index (χ1) is 8.83. The Bertz CT molecular complexity index is 345. The lowest BCUT2D eigenvalue weighted by Gasteiger charge is -2.19. The van der Waals surface area contributed by atoms with Crippen LogP contribution >= 0.6 is 0 Å². The zero-order chi connectivity index (χ0) is 12.8. The van der Waals surface area contributed by atoms with E-state index in [-0.39, 0.29) is 6.04 Å². The highest BCUT2D eigenvalue weighted by Gasteiger charge is 2.19. The summed E-state index contributed by atoms with van der Waals surface area (Å²) in [6.45, 7) is 5.17. The fourth-order valence-electron chi connectivity index (χ4n) is 2.78. The van der Waals surface area contributed by atoms with Gasteiger partial charge >= 0.3 is 0 Å². The molecule has 0 amide bonds. The molecule has 0 spiro atoms. The third kappa shape index (κ3) is 3.55. The van der Waals surface area contributed by atoms with Gasteiger partial charge in [-0.3, -0.25) is 0 Å². The van der Waals surface area contributed by atoms with Gasteiger partial charge in [-0.1, -0.05) is 33.1 Å². The van der Waals surface area contributed by atoms with Gasteiger partial charge < -0.3 is 9.73 Å². The van der Waals surface area contributed by atoms with E-state index in [1.165, 1.54) is 32.1 Å². The number of aromatic nitrogens is 2. The average molecular weight is 251 g/mol. The van der Waals surface area contributed by atoms with Crippen molar-refractivity contribution in [2.45, 2.75) is 64.8 Å². The summed E-state index contributed by atoms with van der Waals surface area (Å²) in [5.41, 5.74) is 0. The van der Waals surface area contributed by atoms with Gasteiger partial charge in [0.2, 0.25) is 11.8 Å². The maximum atomic E-state index is 5.81. The van der Waals surface area contributed by atoms with Crippen LogP contribution in [0.3, 0.4) is 0 Å². The summed E-state index contributed by atoms with van der Waals surface area (Å²) in [6, 6.07) is 0.211. The summed E-state index contributed by atoms with van der Waals surface area (Å²) in [5.74, 6) is 2.34. The van der Waals surface area contributed by atoms with Crippen molar-refractivity contribution in [2.75, 3.05) is 6.54 Å². The number of hydrogen-bond acceptors (Lipinski definition) is 4. The molecule has 0 radical (unpaired) electrons. The SMILES string of the molecule is CCNC(CC)c1nnc(CC2CCCCC2)o1. The van der Waals surface area contributed by atoms with Crippen LogP contribution in [0.25, 0.3) is 0 Å². The summed E-state index contributed by atoms with van der Waals surface area (Å²) in [7, 11) is 0. The first kappa shape index (κ1) is 13.5. The van der Waals surface area contributed by atoms with Crippen LogP contribution in [0.5, 0.6) is 0 Å². The van der Waals surface area contributed by atoms with Crippen LogP contribution in [0.4, 0.5) is 0 Å². The molecule has 1 unspecified atom stereocenters. The molecule has 1 atom stereocenters. The maximum Gasteiger partial charge on any atom is 0.233 e. The van der Waals surface area contributed by atoms with Crippen molar-refractivity contribution in [3.05, 3.63) is 11.8 Å². The van der Waals surface area contributed by atoms with Crippen molar-refractivity contribution in [1.29, 1.82) is 0 Å². The Morgan fingerprint density at radius 1 is 1.22 bits per heavy atom. The standard InChI is InChI=1S/C14H25N3O/c1-3-12(15-4-2)14-17-16-13(18-14)10-11-8-6-5-7-9-11/h11-12,15H,3-10H2,1-2H3. The van der Waals surface area contributed by atoms with Gasteiger partial charge in [-0.15, -0.1) is 10.2 Å². The zero-order valence-corrected chi connectivity index (χ0v) is 11.6. The van der Waals surface area contributed by atoms with Gasteiger partial charge in [-0.05, 0) is 31.7 Å². The number of hydrogen-bond donors (Lipinski definition) is 1. The highest BCUT2D eigenvalue weighted by atomic mass is 16.4. The monoisotopic (exact) mass is 251 g/mol. The molecule has 1 fully saturated rings. The van der Waals surface area contributed by atoms with E-state index in [1.807, 2.05) is 0 Å². The predicted octanol–water partition coefficient (Wildman–Crippen LogP) is 3.25. The average Bonchev–Trinajstić information content (AvgIpc) is 2.85. The Hall–Kier alpha value is -0.900. The van der Waals surface area contributed by atoms with Crippen molar-refractivity contribution in [3.63, 3.8) is 0 Å². The van der Waals surface area contributed by atoms with Crippen molar-refractivity contribution in [3.8, 4) is 0 Å². The van der Waals surface area contributed by atoms with Crippen molar-refractivity contribution >= 4 is 0 Å². The van der Waals surface area contributed by atoms with Crippen LogP contribution in [-0.2, 0) is 6.42 Å². The molecule has 4 nitrogen and oxygen atoms in total. The van der Waals surface area contributed by atoms with Gasteiger partial charge in [0.1, 0.15) is 0 Å². The van der Waals surface area contributed by atoms with E-state index in [0.29, 0.717) is 0 Å². The lowest BCUT2D eigenvalue weighted by Crippen LogP contribution is -2.20. The first-order valence-corrected chi connectivity index (χ1v) is 7.39. The van der Waals surface area contributed by atoms with E-state index in [0.717, 1.165) is 37.1 Å². The van der Waals surface area contributed by atoms with Crippen LogP contribution in [-0.4, -0.2) is 16.7 Å². The van der Waals surface area contributed by atoms with E-state index < -0.39 is 0 Å². The molecule has 0 aromatic carbocycles. The lowest BCUT2D eigenvalue weighted by atomic mass is 9.87. The Morgan fingerprint density at radius 2 is 2.00 bits per heavy atom. The fourth-order valence-corrected chi connectivity index (χ4v) is 2.78. The summed E-state index contributed by atoms with van der Waals surface area (Å²) in [5, 5.41) is 11.8. The van der Waals surface area contributed by atoms with Crippen molar-refractivity contribution in [2.24, 2.45) is 5.92 Å². The molecule has 1 N–H and O–H groups in total. The van der Waals surface area contributed by atoms with Gasteiger partial charge in [0.15, 0.2) is 0 Å². The molecular formula is C14H25N3O. The van der Waals surface area contributed by atoms with Crippen LogP contribution < -0.4 is 5.32 Å². The van der Waals surface area contributed by atoms with Crippen LogP contribution in [0.2, 0.25) is 0 Å². The van der Waals surface area contributed by atoms with Gasteiger partial charge in [0.05, 0.1) is 6.04 Å². The first-order valence-electron chi connectivity index (χ1n) is 7.39. The van der Waals surface area contributed by atoms with E-state index in [2.05, 4.69) is 29.4 Å². The summed E-state index contributed by atoms with van der Waals surface area (Å²) in [6.07, 6.45) is 8.71. The summed E-state index contributed by atoms with van der Waals surface area (Å²) < 4.78 is 5.81. The zero-order valence-electron chi connectivity index (χ0n) is 11.6. The van der Waals surface area contributed by atoms with E-state index >= 15 is 0 Å². The number of nitrogens with zero attached hydrogens (tertiary/aromatic N) is 2. The second kappa shape index (κ2) is 6.88. The van der Waals surface area contributed by atoms with E-state index in [1.54, 1.807) is 0 Å². The molecule has 4 heteroatoms. The molecule has 1 aromatic heterocycles. The summed E-state index contributed by atoms with van der Waals surface area (Å²) in [4.78, 5) is 0. The molecule has 0 aliphatic heterocycles. The second-order valence-corrected chi connectivity index (χ2v) is 5.26. The fraction of sp³-hybridized carbons (Fsp3) is 0.857. The minimum atomic E-state index is 0.211. The Balaban J connectivity index is 1.92. The van der Waals surface area contributed by atoms with Crippen molar-refractivity contribution < 1.29 is 4.42 Å². The second-order valence-electron chi connectivity index (χ2n) is 5.26. The van der Waals surface area contributed by atoms with Gasteiger partial charge in [0.25, 0.3) is 0 Å². The minimum Gasteiger partial charge on any atom is -0.424 e. The Labute approximate surface area is 110 Å². The maximum absolute atomic E-state index is 5.81. The van der Waals surface area contributed by atoms with E-state index in [9.17, 15) is 0 Å². The van der Waals surface area contributed by atoms with Gasteiger partial charge in [0, 0.05) is 6.42 Å². The Kier molecular flexibility index (Phi) is 5.17. The third-order valence-electron chi connectivity index (χ3n) is 3.83. The Morgan fingerprint density at radius 3 is 2.67 bits per heavy atom. The number of rotatable bonds is 6. The topological polar surface area (TPSA) is 51.0 Å². The third-order valence-corrected chi connectivity index (χ3v) is 3.83. The molecule has 2 rings (SSSR count). The smallest absolute Gasteiger partial charge is 0.233 e. The van der Waals surface area contributed by atoms with Crippen LogP contribution in [0.1, 0.15) is 70.2 Å². The van der Waals surface area contributed by atoms with Crippen LogP contribution in [0, 0.1) is 5.92 Å². The molecule has 1 heterocycles. The van der Waals surface area contributed by atoms with Crippen LogP contribution in [0.15, 0.2) is 4.42 Å². The molecule has 18 heavy (non-hydrogen) atoms. The van der Waals surface area contributed by atoms with Gasteiger partial charge in [-0.2, -0.15) is 0 Å². The molecule has 1 aromatic rings. The molecule has 0 saturated heterocycles. The van der Waals surface area contributed by atoms with E-state index in [4.69, 9.17) is 4.42 Å². The molecule has 1 aliphatic carbocycles. The quantitative estimate of drug-likeness (QED) is 0.843. The predicted molar refractivity (Wildman–Crippen MR) is 71.3 cm³/mol.